The highest BCUT2D eigenvalue weighted by Crippen LogP contribution is 2.52. The van der Waals surface area contributed by atoms with Gasteiger partial charge in [0.05, 0.1) is 0 Å². The van der Waals surface area contributed by atoms with Gasteiger partial charge < -0.3 is 16.0 Å². The molecule has 0 heterocycles. The molecule has 0 saturated carbocycles. The third-order valence-corrected chi connectivity index (χ3v) is 17.6. The molecule has 0 saturated heterocycles. The van der Waals surface area contributed by atoms with Crippen molar-refractivity contribution >= 4 is 34.1 Å². The van der Waals surface area contributed by atoms with Gasteiger partial charge in [0.15, 0.2) is 0 Å². The number of benzene rings is 12. The molecule has 0 radical (unpaired) electrons. The number of nitrogens with one attached hydrogen (secondary N) is 3. The van der Waals surface area contributed by atoms with Crippen molar-refractivity contribution in [1.82, 2.24) is 0 Å². The first-order valence-corrected chi connectivity index (χ1v) is 29.4. The van der Waals surface area contributed by atoms with E-state index in [0.717, 1.165) is 34.1 Å². The normalized spacial score (nSPS) is 13.6. The maximum absolute atomic E-state index is 3.69. The molecule has 15 rings (SSSR count). The molecule has 3 aliphatic carbocycles. The minimum atomic E-state index is 0.0184. The Bertz CT molecular complexity index is 4230. The van der Waals surface area contributed by atoms with Crippen LogP contribution < -0.4 is 16.0 Å². The molecule has 0 fully saturated rings. The van der Waals surface area contributed by atoms with E-state index in [9.17, 15) is 0 Å². The van der Waals surface area contributed by atoms with Gasteiger partial charge in [-0.25, -0.2) is 0 Å². The van der Waals surface area contributed by atoms with E-state index in [1.807, 2.05) is 18.2 Å². The average molecular weight is 1080 g/mol. The van der Waals surface area contributed by atoms with Crippen LogP contribution in [0.4, 0.5) is 34.1 Å². The van der Waals surface area contributed by atoms with Crippen LogP contribution in [-0.4, -0.2) is 0 Å². The van der Waals surface area contributed by atoms with E-state index in [1.165, 1.54) is 100 Å². The second kappa shape index (κ2) is 22.1. The SMILES string of the molecule is CC1(C)c2ccccc2-c2cc(Nc3ccc4c(c3)C(C)(C)c3ccccc3-4)ccc21.CC1(C)c2ccccc2-c2ccc(Nc3ccc(-c4ccccc4)cc3)cc21.c1ccc(-c2ccc(Nc3ccc(-c4ccccc4)cc3)cc2)cc1. The van der Waals surface area contributed by atoms with Crippen molar-refractivity contribution in [2.45, 2.75) is 57.8 Å². The van der Waals surface area contributed by atoms with E-state index in [2.05, 4.69) is 330 Å². The molecule has 3 N–H and O–H groups in total. The van der Waals surface area contributed by atoms with E-state index < -0.39 is 0 Å². The zero-order chi connectivity index (χ0) is 57.4. The molecule has 0 aliphatic heterocycles. The number of fused-ring (bicyclic) bond motifs is 9. The van der Waals surface area contributed by atoms with Crippen LogP contribution in [0.3, 0.4) is 0 Å². The Morgan fingerprint density at radius 2 is 0.417 bits per heavy atom. The third-order valence-electron chi connectivity index (χ3n) is 17.6. The predicted octanol–water partition coefficient (Wildman–Crippen LogP) is 22.2. The summed E-state index contributed by atoms with van der Waals surface area (Å²) >= 11 is 0. The molecule has 12 aromatic carbocycles. The van der Waals surface area contributed by atoms with E-state index in [-0.39, 0.29) is 16.2 Å². The number of hydrogen-bond acceptors (Lipinski definition) is 3. The zero-order valence-corrected chi connectivity index (χ0v) is 48.7. The highest BCUT2D eigenvalue weighted by Gasteiger charge is 2.37. The van der Waals surface area contributed by atoms with Crippen LogP contribution in [0, 0.1) is 0 Å². The molecule has 0 spiro atoms. The molecule has 84 heavy (non-hydrogen) atoms. The Balaban J connectivity index is 0.000000118. The first-order chi connectivity index (χ1) is 40.9. The van der Waals surface area contributed by atoms with Crippen LogP contribution in [0.5, 0.6) is 0 Å². The van der Waals surface area contributed by atoms with Crippen LogP contribution in [0.25, 0.3) is 66.8 Å². The van der Waals surface area contributed by atoms with Crippen molar-refractivity contribution < 1.29 is 0 Å². The summed E-state index contributed by atoms with van der Waals surface area (Å²) in [7, 11) is 0. The molecule has 3 nitrogen and oxygen atoms in total. The topological polar surface area (TPSA) is 36.1 Å². The van der Waals surface area contributed by atoms with Gasteiger partial charge in [-0.3, -0.25) is 0 Å². The lowest BCUT2D eigenvalue weighted by Gasteiger charge is -2.22. The summed E-state index contributed by atoms with van der Waals surface area (Å²) in [5, 5.41) is 10.7. The molecule has 0 bridgehead atoms. The molecular formula is C81H69N3. The molecule has 408 valence electrons. The van der Waals surface area contributed by atoms with Gasteiger partial charge in [-0.05, 0) is 173 Å². The standard InChI is InChI=1S/C30H27N.C27H23N.C24H19N/c1-29(2)26-12-8-6-10-22(26)24-17-19(14-16-27(24)29)31-20-13-15-23-21-9-5-7-11-25(21)30(3,4)28(23)18-20;1-27(2)25-11-7-6-10-23(25)24-17-16-22(18-26(24)27)28-21-14-12-20(13-15-21)19-8-4-3-5-9-19;1-3-7-19(8-4-1)21-11-15-23(16-12-21)25-24-17-13-22(14-18-24)20-9-5-2-6-10-20/h5-18,31H,1-4H3;3-18,28H,1-2H3;1-18,25H. The van der Waals surface area contributed by atoms with Crippen molar-refractivity contribution in [2.75, 3.05) is 16.0 Å². The second-order valence-corrected chi connectivity index (χ2v) is 24.0. The summed E-state index contributed by atoms with van der Waals surface area (Å²) in [5.74, 6) is 0. The maximum atomic E-state index is 3.69. The van der Waals surface area contributed by atoms with Crippen molar-refractivity contribution in [3.05, 3.63) is 325 Å². The first kappa shape index (κ1) is 53.4. The van der Waals surface area contributed by atoms with Crippen LogP contribution in [0.1, 0.15) is 74.9 Å². The van der Waals surface area contributed by atoms with Gasteiger partial charge in [-0.1, -0.05) is 260 Å². The molecule has 0 unspecified atom stereocenters. The fourth-order valence-corrected chi connectivity index (χ4v) is 13.0. The molecule has 12 aromatic rings. The van der Waals surface area contributed by atoms with E-state index >= 15 is 0 Å². The fraction of sp³-hybridized carbons (Fsp3) is 0.111. The monoisotopic (exact) mass is 1080 g/mol. The molecular weight excluding hydrogens is 1010 g/mol. The fourth-order valence-electron chi connectivity index (χ4n) is 13.0. The lowest BCUT2D eigenvalue weighted by molar-refractivity contribution is 0.660. The zero-order valence-electron chi connectivity index (χ0n) is 48.7. The number of rotatable bonds is 9. The smallest absolute Gasteiger partial charge is 0.0390 e. The molecule has 3 aliphatic rings. The van der Waals surface area contributed by atoms with Crippen molar-refractivity contribution in [3.63, 3.8) is 0 Å². The van der Waals surface area contributed by atoms with Gasteiger partial charge >= 0.3 is 0 Å². The summed E-state index contributed by atoms with van der Waals surface area (Å²) < 4.78 is 0. The lowest BCUT2D eigenvalue weighted by Crippen LogP contribution is -2.15. The summed E-state index contributed by atoms with van der Waals surface area (Å²) in [6.45, 7) is 13.9. The van der Waals surface area contributed by atoms with Gasteiger partial charge in [0.1, 0.15) is 0 Å². The quantitative estimate of drug-likeness (QED) is 0.135. The van der Waals surface area contributed by atoms with Crippen molar-refractivity contribution in [3.8, 4) is 66.8 Å². The molecule has 3 heteroatoms. The number of anilines is 6. The van der Waals surface area contributed by atoms with Gasteiger partial charge in [0.25, 0.3) is 0 Å². The van der Waals surface area contributed by atoms with Crippen molar-refractivity contribution in [1.29, 1.82) is 0 Å². The Hall–Kier alpha value is -9.96. The van der Waals surface area contributed by atoms with Crippen molar-refractivity contribution in [2.24, 2.45) is 0 Å². The van der Waals surface area contributed by atoms with Gasteiger partial charge in [0, 0.05) is 50.4 Å². The average Bonchev–Trinajstić information content (AvgIpc) is 4.25. The third kappa shape index (κ3) is 10.3. The van der Waals surface area contributed by atoms with Crippen LogP contribution >= 0.6 is 0 Å². The van der Waals surface area contributed by atoms with E-state index in [0.29, 0.717) is 0 Å². The Morgan fingerprint density at radius 3 is 0.798 bits per heavy atom. The van der Waals surface area contributed by atoms with Crippen LogP contribution in [0.15, 0.2) is 291 Å². The van der Waals surface area contributed by atoms with Crippen LogP contribution in [-0.2, 0) is 16.2 Å². The Labute approximate surface area is 496 Å². The predicted molar refractivity (Wildman–Crippen MR) is 358 cm³/mol. The summed E-state index contributed by atoms with van der Waals surface area (Å²) in [6.07, 6.45) is 0. The maximum Gasteiger partial charge on any atom is 0.0390 e. The summed E-state index contributed by atoms with van der Waals surface area (Å²) in [6, 6.07) is 104. The van der Waals surface area contributed by atoms with E-state index in [1.54, 1.807) is 0 Å². The van der Waals surface area contributed by atoms with Gasteiger partial charge in [-0.2, -0.15) is 0 Å². The number of hydrogen-bond donors (Lipinski definition) is 3. The second-order valence-electron chi connectivity index (χ2n) is 24.0. The highest BCUT2D eigenvalue weighted by molar-refractivity contribution is 5.87. The Kier molecular flexibility index (Phi) is 14.0. The first-order valence-electron chi connectivity index (χ1n) is 29.4. The summed E-state index contributed by atoms with van der Waals surface area (Å²) in [4.78, 5) is 0. The molecule has 0 atom stereocenters. The van der Waals surface area contributed by atoms with E-state index in [4.69, 9.17) is 0 Å². The molecule has 0 amide bonds. The van der Waals surface area contributed by atoms with Gasteiger partial charge in [0.2, 0.25) is 0 Å². The van der Waals surface area contributed by atoms with Gasteiger partial charge in [-0.15, -0.1) is 0 Å². The minimum Gasteiger partial charge on any atom is -0.356 e. The molecule has 0 aromatic heterocycles. The Morgan fingerprint density at radius 1 is 0.179 bits per heavy atom. The lowest BCUT2D eigenvalue weighted by atomic mass is 9.82. The van der Waals surface area contributed by atoms with Crippen LogP contribution in [0.2, 0.25) is 0 Å². The summed E-state index contributed by atoms with van der Waals surface area (Å²) in [5.41, 5.74) is 30.8. The largest absolute Gasteiger partial charge is 0.356 e. The minimum absolute atomic E-state index is 0.0184. The highest BCUT2D eigenvalue weighted by atomic mass is 14.9.